The Hall–Kier alpha value is -2.19. The maximum absolute atomic E-state index is 4.66. The number of hydrogen-bond donors (Lipinski definition) is 0. The van der Waals surface area contributed by atoms with Crippen LogP contribution in [-0.2, 0) is 0 Å². The highest BCUT2D eigenvalue weighted by atomic mass is 32.1. The van der Waals surface area contributed by atoms with Gasteiger partial charge in [-0.25, -0.2) is 0 Å². The first-order valence-electron chi connectivity index (χ1n) is 6.26. The highest BCUT2D eigenvalue weighted by Crippen LogP contribution is 2.34. The summed E-state index contributed by atoms with van der Waals surface area (Å²) in [5.74, 6) is 0. The highest BCUT2D eigenvalue weighted by molar-refractivity contribution is 7.13. The Balaban J connectivity index is 2.10. The molecule has 1 aromatic heterocycles. The number of nitrogens with zero attached hydrogens (tertiary/aromatic N) is 1. The molecule has 0 bridgehead atoms. The molecule has 19 heavy (non-hydrogen) atoms. The standard InChI is InChI=1S/C17H11NS/c1-2-8-13-12(6-1)7-5-10-14(13)17-15-9-3-4-11-16(15)19-18-17/h1-11H. The van der Waals surface area contributed by atoms with E-state index in [1.54, 1.807) is 11.5 Å². The average molecular weight is 261 g/mol. The molecule has 0 N–H and O–H groups in total. The van der Waals surface area contributed by atoms with Crippen LogP contribution in [0.5, 0.6) is 0 Å². The second kappa shape index (κ2) is 4.18. The fraction of sp³-hybridized carbons (Fsp3) is 0. The summed E-state index contributed by atoms with van der Waals surface area (Å²) >= 11 is 1.57. The van der Waals surface area contributed by atoms with Gasteiger partial charge in [0.1, 0.15) is 0 Å². The molecule has 90 valence electrons. The lowest BCUT2D eigenvalue weighted by molar-refractivity contribution is 1.57. The monoisotopic (exact) mass is 261 g/mol. The van der Waals surface area contributed by atoms with Gasteiger partial charge in [-0.15, -0.1) is 0 Å². The van der Waals surface area contributed by atoms with Gasteiger partial charge in [0.25, 0.3) is 0 Å². The molecule has 4 rings (SSSR count). The summed E-state index contributed by atoms with van der Waals surface area (Å²) < 4.78 is 5.90. The Morgan fingerprint density at radius 1 is 0.684 bits per heavy atom. The third kappa shape index (κ3) is 1.65. The molecule has 0 spiro atoms. The van der Waals surface area contributed by atoms with E-state index in [2.05, 4.69) is 71.1 Å². The van der Waals surface area contributed by atoms with Gasteiger partial charge in [-0.2, -0.15) is 4.37 Å². The van der Waals surface area contributed by atoms with E-state index in [1.807, 2.05) is 0 Å². The molecule has 0 atom stereocenters. The van der Waals surface area contributed by atoms with E-state index in [0.717, 1.165) is 5.69 Å². The topological polar surface area (TPSA) is 12.9 Å². The number of rotatable bonds is 1. The predicted molar refractivity (Wildman–Crippen MR) is 82.6 cm³/mol. The Morgan fingerprint density at radius 3 is 2.37 bits per heavy atom. The van der Waals surface area contributed by atoms with Crippen molar-refractivity contribution in [1.82, 2.24) is 4.37 Å². The van der Waals surface area contributed by atoms with E-state index in [-0.39, 0.29) is 0 Å². The van der Waals surface area contributed by atoms with Gasteiger partial charge in [-0.05, 0) is 28.4 Å². The molecule has 3 aromatic carbocycles. The summed E-state index contributed by atoms with van der Waals surface area (Å²) in [6, 6.07) is 23.3. The maximum atomic E-state index is 4.66. The van der Waals surface area contributed by atoms with E-state index in [9.17, 15) is 0 Å². The van der Waals surface area contributed by atoms with Gasteiger partial charge in [0.2, 0.25) is 0 Å². The minimum absolute atomic E-state index is 1.09. The summed E-state index contributed by atoms with van der Waals surface area (Å²) in [6.07, 6.45) is 0. The van der Waals surface area contributed by atoms with E-state index in [1.165, 1.54) is 26.4 Å². The summed E-state index contributed by atoms with van der Waals surface area (Å²) in [6.45, 7) is 0. The molecule has 0 saturated carbocycles. The van der Waals surface area contributed by atoms with Gasteiger partial charge in [0.15, 0.2) is 0 Å². The van der Waals surface area contributed by atoms with Gasteiger partial charge in [0.05, 0.1) is 10.4 Å². The van der Waals surface area contributed by atoms with Gasteiger partial charge in [0, 0.05) is 10.9 Å². The minimum atomic E-state index is 1.09. The minimum Gasteiger partial charge on any atom is -0.191 e. The number of benzene rings is 3. The summed E-state index contributed by atoms with van der Waals surface area (Å²) in [4.78, 5) is 0. The van der Waals surface area contributed by atoms with Crippen molar-refractivity contribution in [2.45, 2.75) is 0 Å². The van der Waals surface area contributed by atoms with Crippen molar-refractivity contribution in [1.29, 1.82) is 0 Å². The zero-order chi connectivity index (χ0) is 12.7. The molecule has 0 aliphatic carbocycles. The molecule has 0 amide bonds. The van der Waals surface area contributed by atoms with Crippen LogP contribution in [-0.4, -0.2) is 4.37 Å². The summed E-state index contributed by atoms with van der Waals surface area (Å²) in [5, 5.41) is 3.77. The van der Waals surface area contributed by atoms with Crippen molar-refractivity contribution in [3.05, 3.63) is 66.7 Å². The van der Waals surface area contributed by atoms with Gasteiger partial charge in [-0.1, -0.05) is 60.7 Å². The molecule has 0 aliphatic heterocycles. The zero-order valence-corrected chi connectivity index (χ0v) is 11.0. The van der Waals surface area contributed by atoms with Crippen LogP contribution in [0.1, 0.15) is 0 Å². The normalized spacial score (nSPS) is 11.2. The van der Waals surface area contributed by atoms with E-state index >= 15 is 0 Å². The third-order valence-electron chi connectivity index (χ3n) is 3.42. The van der Waals surface area contributed by atoms with Crippen LogP contribution in [0.2, 0.25) is 0 Å². The second-order valence-corrected chi connectivity index (χ2v) is 5.36. The molecular weight excluding hydrogens is 250 g/mol. The maximum Gasteiger partial charge on any atom is 0.0925 e. The number of aromatic nitrogens is 1. The lowest BCUT2D eigenvalue weighted by atomic mass is 10.0. The van der Waals surface area contributed by atoms with Gasteiger partial charge >= 0.3 is 0 Å². The van der Waals surface area contributed by atoms with Crippen LogP contribution in [0.15, 0.2) is 66.7 Å². The molecule has 0 unspecified atom stereocenters. The Labute approximate surface area is 115 Å². The predicted octanol–water partition coefficient (Wildman–Crippen LogP) is 5.12. The van der Waals surface area contributed by atoms with Crippen LogP contribution >= 0.6 is 11.5 Å². The molecule has 0 fully saturated rings. The number of fused-ring (bicyclic) bond motifs is 2. The van der Waals surface area contributed by atoms with Gasteiger partial charge < -0.3 is 0 Å². The molecule has 0 radical (unpaired) electrons. The second-order valence-electron chi connectivity index (χ2n) is 4.55. The fourth-order valence-corrected chi connectivity index (χ4v) is 3.30. The Bertz CT molecular complexity index is 871. The fourth-order valence-electron chi connectivity index (χ4n) is 2.51. The molecule has 4 aromatic rings. The average Bonchev–Trinajstić information content (AvgIpc) is 2.90. The summed E-state index contributed by atoms with van der Waals surface area (Å²) in [5.41, 5.74) is 2.31. The molecule has 0 saturated heterocycles. The van der Waals surface area contributed by atoms with Crippen molar-refractivity contribution >= 4 is 32.4 Å². The first kappa shape index (κ1) is 10.7. The smallest absolute Gasteiger partial charge is 0.0925 e. The van der Waals surface area contributed by atoms with Gasteiger partial charge in [-0.3, -0.25) is 0 Å². The SMILES string of the molecule is c1ccc2c(-c3nsc4ccccc34)cccc2c1. The van der Waals surface area contributed by atoms with E-state index in [0.29, 0.717) is 0 Å². The van der Waals surface area contributed by atoms with Crippen LogP contribution in [0, 0.1) is 0 Å². The van der Waals surface area contributed by atoms with Crippen LogP contribution in [0.3, 0.4) is 0 Å². The Morgan fingerprint density at radius 2 is 1.42 bits per heavy atom. The first-order valence-corrected chi connectivity index (χ1v) is 7.03. The number of hydrogen-bond acceptors (Lipinski definition) is 2. The van der Waals surface area contributed by atoms with Crippen molar-refractivity contribution in [2.75, 3.05) is 0 Å². The van der Waals surface area contributed by atoms with Crippen molar-refractivity contribution in [3.8, 4) is 11.3 Å². The highest BCUT2D eigenvalue weighted by Gasteiger charge is 2.10. The molecule has 1 heterocycles. The van der Waals surface area contributed by atoms with Crippen LogP contribution in [0.4, 0.5) is 0 Å². The van der Waals surface area contributed by atoms with Crippen LogP contribution < -0.4 is 0 Å². The Kier molecular flexibility index (Phi) is 2.35. The van der Waals surface area contributed by atoms with Crippen molar-refractivity contribution in [3.63, 3.8) is 0 Å². The van der Waals surface area contributed by atoms with Crippen LogP contribution in [0.25, 0.3) is 32.1 Å². The largest absolute Gasteiger partial charge is 0.191 e. The van der Waals surface area contributed by atoms with E-state index in [4.69, 9.17) is 0 Å². The third-order valence-corrected chi connectivity index (χ3v) is 4.25. The molecular formula is C17H11NS. The molecule has 2 heteroatoms. The van der Waals surface area contributed by atoms with Crippen molar-refractivity contribution < 1.29 is 0 Å². The first-order chi connectivity index (χ1) is 9.43. The van der Waals surface area contributed by atoms with E-state index < -0.39 is 0 Å². The molecule has 1 nitrogen and oxygen atoms in total. The quantitative estimate of drug-likeness (QED) is 0.463. The zero-order valence-electron chi connectivity index (χ0n) is 10.2. The molecule has 0 aliphatic rings. The lowest BCUT2D eigenvalue weighted by Crippen LogP contribution is -1.81. The van der Waals surface area contributed by atoms with Crippen molar-refractivity contribution in [2.24, 2.45) is 0 Å². The summed E-state index contributed by atoms with van der Waals surface area (Å²) in [7, 11) is 0. The lowest BCUT2D eigenvalue weighted by Gasteiger charge is -2.04.